The summed E-state index contributed by atoms with van der Waals surface area (Å²) in [6.07, 6.45) is 0.390. The Morgan fingerprint density at radius 1 is 1.19 bits per heavy atom. The van der Waals surface area contributed by atoms with Crippen LogP contribution in [-0.2, 0) is 4.79 Å². The molecule has 4 nitrogen and oxygen atoms in total. The number of amides is 1. The van der Waals surface area contributed by atoms with Crippen LogP contribution in [0, 0.1) is 13.8 Å². The summed E-state index contributed by atoms with van der Waals surface area (Å²) in [6, 6.07) is 13.5. The molecule has 0 radical (unpaired) electrons. The van der Waals surface area contributed by atoms with Gasteiger partial charge in [-0.3, -0.25) is 4.79 Å². The summed E-state index contributed by atoms with van der Waals surface area (Å²) in [5.74, 6) is 1.18. The average Bonchev–Trinajstić information content (AvgIpc) is 2.63. The first-order valence-corrected chi connectivity index (χ1v) is 9.97. The van der Waals surface area contributed by atoms with Gasteiger partial charge in [0.1, 0.15) is 5.75 Å². The number of ether oxygens (including phenoxy) is 1. The third-order valence-corrected chi connectivity index (χ3v) is 5.45. The SMILES string of the molecule is COc1ccc(NC(=O)CCSc2cc(C)c3cccc(C)c3n2)cc1Cl. The van der Waals surface area contributed by atoms with Gasteiger partial charge in [0.25, 0.3) is 0 Å². The molecule has 2 aromatic carbocycles. The van der Waals surface area contributed by atoms with E-state index < -0.39 is 0 Å². The number of aryl methyl sites for hydroxylation is 2. The van der Waals surface area contributed by atoms with Crippen molar-refractivity contribution in [2.75, 3.05) is 18.2 Å². The molecule has 0 spiro atoms. The molecule has 3 aromatic rings. The number of fused-ring (bicyclic) bond motifs is 1. The molecule has 27 heavy (non-hydrogen) atoms. The number of hydrogen-bond donors (Lipinski definition) is 1. The molecule has 6 heteroatoms. The number of nitrogens with zero attached hydrogens (tertiary/aromatic N) is 1. The van der Waals surface area contributed by atoms with Crippen LogP contribution < -0.4 is 10.1 Å². The van der Waals surface area contributed by atoms with Crippen molar-refractivity contribution in [1.82, 2.24) is 4.98 Å². The average molecular weight is 401 g/mol. The molecule has 0 unspecified atom stereocenters. The summed E-state index contributed by atoms with van der Waals surface area (Å²) in [7, 11) is 1.56. The molecule has 0 bridgehead atoms. The molecule has 0 saturated heterocycles. The molecule has 1 amide bonds. The maximum Gasteiger partial charge on any atom is 0.225 e. The van der Waals surface area contributed by atoms with Crippen LogP contribution in [-0.4, -0.2) is 23.8 Å². The molecule has 0 atom stereocenters. The van der Waals surface area contributed by atoms with Crippen molar-refractivity contribution in [3.63, 3.8) is 0 Å². The molecule has 0 aliphatic heterocycles. The number of methoxy groups -OCH3 is 1. The van der Waals surface area contributed by atoms with E-state index in [1.54, 1.807) is 37.1 Å². The minimum absolute atomic E-state index is 0.0579. The van der Waals surface area contributed by atoms with Gasteiger partial charge in [0.2, 0.25) is 5.91 Å². The zero-order valence-corrected chi connectivity index (χ0v) is 17.1. The lowest BCUT2D eigenvalue weighted by Crippen LogP contribution is -2.12. The van der Waals surface area contributed by atoms with Crippen LogP contribution >= 0.6 is 23.4 Å². The second kappa shape index (κ2) is 8.63. The second-order valence-corrected chi connectivity index (χ2v) is 7.77. The third-order valence-electron chi connectivity index (χ3n) is 4.24. The van der Waals surface area contributed by atoms with Gasteiger partial charge in [0.05, 0.1) is 22.7 Å². The van der Waals surface area contributed by atoms with Gasteiger partial charge >= 0.3 is 0 Å². The van der Waals surface area contributed by atoms with Crippen LogP contribution in [0.3, 0.4) is 0 Å². The third kappa shape index (κ3) is 4.73. The predicted octanol–water partition coefficient (Wildman–Crippen LogP) is 5.63. The lowest BCUT2D eigenvalue weighted by Gasteiger charge is -2.09. The van der Waals surface area contributed by atoms with E-state index in [1.807, 2.05) is 0 Å². The topological polar surface area (TPSA) is 51.2 Å². The number of thioether (sulfide) groups is 1. The smallest absolute Gasteiger partial charge is 0.225 e. The number of pyridine rings is 1. The van der Waals surface area contributed by atoms with Gasteiger partial charge in [-0.15, -0.1) is 11.8 Å². The van der Waals surface area contributed by atoms with Gasteiger partial charge in [-0.2, -0.15) is 0 Å². The molecular weight excluding hydrogens is 380 g/mol. The molecule has 3 rings (SSSR count). The first-order chi connectivity index (χ1) is 13.0. The predicted molar refractivity (Wildman–Crippen MR) is 113 cm³/mol. The number of rotatable bonds is 6. The Labute approximate surface area is 168 Å². The van der Waals surface area contributed by atoms with E-state index in [1.165, 1.54) is 10.9 Å². The van der Waals surface area contributed by atoms with Gasteiger partial charge in [0.15, 0.2) is 0 Å². The van der Waals surface area contributed by atoms with Crippen molar-refractivity contribution >= 4 is 45.9 Å². The minimum Gasteiger partial charge on any atom is -0.495 e. The van der Waals surface area contributed by atoms with Crippen molar-refractivity contribution in [2.45, 2.75) is 25.3 Å². The fourth-order valence-electron chi connectivity index (χ4n) is 2.82. The lowest BCUT2D eigenvalue weighted by atomic mass is 10.1. The van der Waals surface area contributed by atoms with Gasteiger partial charge in [0, 0.05) is 23.2 Å². The molecule has 0 aliphatic rings. The largest absolute Gasteiger partial charge is 0.495 e. The van der Waals surface area contributed by atoms with E-state index in [0.717, 1.165) is 16.1 Å². The fourth-order valence-corrected chi connectivity index (χ4v) is 3.99. The number of halogens is 1. The summed E-state index contributed by atoms with van der Waals surface area (Å²) in [5, 5.41) is 5.44. The Balaban J connectivity index is 1.59. The Kier molecular flexibility index (Phi) is 6.24. The number of aromatic nitrogens is 1. The van der Waals surface area contributed by atoms with E-state index in [0.29, 0.717) is 28.6 Å². The summed E-state index contributed by atoms with van der Waals surface area (Å²) >= 11 is 7.67. The van der Waals surface area contributed by atoms with E-state index in [2.05, 4.69) is 43.4 Å². The number of anilines is 1. The zero-order valence-electron chi connectivity index (χ0n) is 15.5. The van der Waals surface area contributed by atoms with Crippen molar-refractivity contribution in [1.29, 1.82) is 0 Å². The second-order valence-electron chi connectivity index (χ2n) is 6.24. The number of para-hydroxylation sites is 1. The Morgan fingerprint density at radius 2 is 2.00 bits per heavy atom. The molecule has 1 heterocycles. The van der Waals surface area contributed by atoms with Gasteiger partial charge in [-0.1, -0.05) is 29.8 Å². The molecule has 140 valence electrons. The van der Waals surface area contributed by atoms with E-state index in [9.17, 15) is 4.79 Å². The van der Waals surface area contributed by atoms with Crippen molar-refractivity contribution in [2.24, 2.45) is 0 Å². The normalized spacial score (nSPS) is 10.8. The summed E-state index contributed by atoms with van der Waals surface area (Å²) in [5.41, 5.74) is 4.04. The summed E-state index contributed by atoms with van der Waals surface area (Å²) in [6.45, 7) is 4.16. The monoisotopic (exact) mass is 400 g/mol. The molecule has 1 aromatic heterocycles. The van der Waals surface area contributed by atoms with Crippen LogP contribution in [0.25, 0.3) is 10.9 Å². The number of carbonyl (C=O) groups is 1. The Bertz CT molecular complexity index is 991. The number of hydrogen-bond acceptors (Lipinski definition) is 4. The molecule has 1 N–H and O–H groups in total. The fraction of sp³-hybridized carbons (Fsp3) is 0.238. The molecule has 0 saturated carbocycles. The molecule has 0 fully saturated rings. The number of benzene rings is 2. The molecular formula is C21H21ClN2O2S. The minimum atomic E-state index is -0.0579. The standard InChI is InChI=1S/C21H21ClN2O2S/c1-13-5-4-6-16-14(2)11-20(24-21(13)16)27-10-9-19(25)23-15-7-8-18(26-3)17(22)12-15/h4-8,11-12H,9-10H2,1-3H3,(H,23,25). The highest BCUT2D eigenvalue weighted by atomic mass is 35.5. The van der Waals surface area contributed by atoms with E-state index in [4.69, 9.17) is 21.3 Å². The zero-order chi connectivity index (χ0) is 19.4. The van der Waals surface area contributed by atoms with Crippen molar-refractivity contribution in [3.05, 3.63) is 58.6 Å². The van der Waals surface area contributed by atoms with Crippen LogP contribution in [0.1, 0.15) is 17.5 Å². The van der Waals surface area contributed by atoms with Crippen LogP contribution in [0.5, 0.6) is 5.75 Å². The summed E-state index contributed by atoms with van der Waals surface area (Å²) in [4.78, 5) is 16.9. The van der Waals surface area contributed by atoms with E-state index in [-0.39, 0.29) is 5.91 Å². The summed E-state index contributed by atoms with van der Waals surface area (Å²) < 4.78 is 5.11. The first-order valence-electron chi connectivity index (χ1n) is 8.61. The van der Waals surface area contributed by atoms with Crippen molar-refractivity contribution in [3.8, 4) is 5.75 Å². The van der Waals surface area contributed by atoms with E-state index >= 15 is 0 Å². The molecule has 0 aliphatic carbocycles. The lowest BCUT2D eigenvalue weighted by molar-refractivity contribution is -0.115. The maximum atomic E-state index is 12.2. The van der Waals surface area contributed by atoms with Gasteiger partial charge in [-0.05, 0) is 49.2 Å². The quantitative estimate of drug-likeness (QED) is 0.544. The Morgan fingerprint density at radius 3 is 2.74 bits per heavy atom. The van der Waals surface area contributed by atoms with Gasteiger partial charge < -0.3 is 10.1 Å². The highest BCUT2D eigenvalue weighted by Crippen LogP contribution is 2.28. The first kappa shape index (κ1) is 19.5. The van der Waals surface area contributed by atoms with Crippen LogP contribution in [0.2, 0.25) is 5.02 Å². The number of carbonyl (C=O) groups excluding carboxylic acids is 1. The van der Waals surface area contributed by atoms with Crippen LogP contribution in [0.4, 0.5) is 5.69 Å². The maximum absolute atomic E-state index is 12.2. The number of nitrogens with one attached hydrogen (secondary N) is 1. The highest BCUT2D eigenvalue weighted by Gasteiger charge is 2.08. The van der Waals surface area contributed by atoms with Gasteiger partial charge in [-0.25, -0.2) is 4.98 Å². The highest BCUT2D eigenvalue weighted by molar-refractivity contribution is 7.99. The van der Waals surface area contributed by atoms with Crippen LogP contribution in [0.15, 0.2) is 47.5 Å². The Hall–Kier alpha value is -2.24. The van der Waals surface area contributed by atoms with Crippen molar-refractivity contribution < 1.29 is 9.53 Å².